The van der Waals surface area contributed by atoms with Gasteiger partial charge in [0.2, 0.25) is 6.54 Å². The van der Waals surface area contributed by atoms with Gasteiger partial charge in [-0.25, -0.2) is 46.5 Å². The maximum atomic E-state index is 10.9. The predicted octanol–water partition coefficient (Wildman–Crippen LogP) is 2.77. The lowest BCUT2D eigenvalue weighted by Gasteiger charge is -2.39. The molecule has 386 valence electrons. The minimum absolute atomic E-state index is 0.184. The van der Waals surface area contributed by atoms with Gasteiger partial charge in [0.05, 0.1) is 65.0 Å². The lowest BCUT2D eigenvalue weighted by atomic mass is 9.98. The molecule has 4 aromatic heterocycles. The number of hydrogen-bond donors (Lipinski definition) is 1. The van der Waals surface area contributed by atoms with Crippen molar-refractivity contribution in [3.63, 3.8) is 0 Å². The molecule has 6 fully saturated rings. The summed E-state index contributed by atoms with van der Waals surface area (Å²) in [6.45, 7) is 24.8. The number of ether oxygens (including phenoxy) is 6. The van der Waals surface area contributed by atoms with E-state index in [1.807, 2.05) is 42.6 Å². The van der Waals surface area contributed by atoms with Gasteiger partial charge in [0.1, 0.15) is 54.9 Å². The summed E-state index contributed by atoms with van der Waals surface area (Å²) in [4.78, 5) is 47.2. The molecule has 6 aliphatic heterocycles. The number of morpholine rings is 2. The predicted molar refractivity (Wildman–Crippen MR) is 263 cm³/mol. The second-order valence-corrected chi connectivity index (χ2v) is 21.5. The van der Waals surface area contributed by atoms with Crippen LogP contribution in [0.3, 0.4) is 0 Å². The lowest BCUT2D eigenvalue weighted by Crippen LogP contribution is -2.53. The van der Waals surface area contributed by atoms with Gasteiger partial charge in [0.25, 0.3) is 0 Å². The molecule has 3 unspecified atom stereocenters. The van der Waals surface area contributed by atoms with Crippen LogP contribution in [0.4, 0.5) is 11.6 Å². The second kappa shape index (κ2) is 22.3. The molecule has 4 bridgehead atoms. The topological polar surface area (TPSA) is 223 Å². The van der Waals surface area contributed by atoms with Crippen molar-refractivity contribution < 1.29 is 42.6 Å². The van der Waals surface area contributed by atoms with Gasteiger partial charge in [-0.05, 0) is 11.8 Å². The molecule has 9 atom stereocenters. The molecule has 6 saturated heterocycles. The molecule has 0 radical (unpaired) electrons. The molecule has 71 heavy (non-hydrogen) atoms. The van der Waals surface area contributed by atoms with Crippen molar-refractivity contribution in [3.05, 3.63) is 36.7 Å². The summed E-state index contributed by atoms with van der Waals surface area (Å²) in [5.41, 5.74) is 1.09. The van der Waals surface area contributed by atoms with E-state index in [1.54, 1.807) is 29.9 Å². The van der Waals surface area contributed by atoms with E-state index in [9.17, 15) is 5.11 Å². The van der Waals surface area contributed by atoms with E-state index in [-0.39, 0.29) is 11.8 Å². The number of hydrogen-bond acceptors (Lipinski definition) is 19. The molecule has 24 nitrogen and oxygen atoms in total. The number of nitrogens with zero attached hydrogens (tertiary/aromatic N) is 15. The quantitative estimate of drug-likeness (QED) is 0.0498. The maximum Gasteiger partial charge on any atom is 0.238 e. The van der Waals surface area contributed by atoms with Crippen molar-refractivity contribution >= 4 is 55.0 Å². The van der Waals surface area contributed by atoms with Gasteiger partial charge in [0.15, 0.2) is 54.8 Å². The van der Waals surface area contributed by atoms with Crippen LogP contribution in [-0.4, -0.2) is 238 Å². The molecule has 6 aliphatic rings. The Hall–Kier alpha value is -4.48. The molecule has 0 saturated carbocycles. The zero-order valence-corrected chi connectivity index (χ0v) is 42.8. The third-order valence-electron chi connectivity index (χ3n) is 13.5. The summed E-state index contributed by atoms with van der Waals surface area (Å²) >= 11 is 0. The zero-order valence-electron chi connectivity index (χ0n) is 41.9. The van der Waals surface area contributed by atoms with E-state index in [0.717, 1.165) is 26.2 Å². The molecular formula is C46H68N15O9P. The molecular weight excluding hydrogens is 938 g/mol. The lowest BCUT2D eigenvalue weighted by molar-refractivity contribution is -0.181. The van der Waals surface area contributed by atoms with Gasteiger partial charge in [-0.1, -0.05) is 27.7 Å². The average molecular weight is 1010 g/mol. The van der Waals surface area contributed by atoms with Gasteiger partial charge < -0.3 is 57.2 Å². The number of aliphatic hydroxyl groups is 1. The Morgan fingerprint density at radius 1 is 0.761 bits per heavy atom. The Bertz CT molecular complexity index is 2500. The Kier molecular flexibility index (Phi) is 16.2. The first-order valence-electron chi connectivity index (χ1n) is 24.4. The molecule has 0 aromatic carbocycles. The standard InChI is InChI=1S/C28H43N8O5P.C18H25N7O4/c1-19(2)23(20(3)4)42(39-11-8-29-5)41-24-22-27(40-28(24,15-38-22)14-35-9-12-37-13-10-35)36-18-32-21-25(33-17-34(6)7)30-16-31-26(21)36;1-23(2)10-22-15-12-16(20-9-19-15)25(11-21-12)17-13-14(26)18(29-17,8-28-13)7-24-3-5-27-6-4-24/h16-20,22-24,27H,8-15H2,1-4,6-7H3;9-11,13-14,17,26H,3-8H2,1-2H3/t22-,24?,27+,28-,42?;13-,14?,17+,18-/m00/s1. The van der Waals surface area contributed by atoms with Crippen LogP contribution in [0.2, 0.25) is 0 Å². The zero-order chi connectivity index (χ0) is 49.9. The number of aromatic nitrogens is 8. The Balaban J connectivity index is 0.000000187. The number of imidazole rings is 2. The number of fused-ring (bicyclic) bond motifs is 6. The van der Waals surface area contributed by atoms with Crippen LogP contribution in [0.25, 0.3) is 27.2 Å². The van der Waals surface area contributed by atoms with Crippen LogP contribution < -0.4 is 0 Å². The summed E-state index contributed by atoms with van der Waals surface area (Å²) in [6.07, 6.45) is 6.69. The van der Waals surface area contributed by atoms with Crippen molar-refractivity contribution in [2.75, 3.05) is 120 Å². The third-order valence-corrected chi connectivity index (χ3v) is 16.0. The van der Waals surface area contributed by atoms with Gasteiger partial charge in [-0.3, -0.25) is 18.9 Å². The van der Waals surface area contributed by atoms with E-state index in [0.29, 0.717) is 112 Å². The van der Waals surface area contributed by atoms with Crippen LogP contribution in [0.1, 0.15) is 40.2 Å². The minimum atomic E-state index is -1.34. The van der Waals surface area contributed by atoms with Crippen LogP contribution in [0.15, 0.2) is 35.3 Å². The number of aliphatic hydroxyl groups excluding tert-OH is 1. The van der Waals surface area contributed by atoms with Crippen molar-refractivity contribution in [1.29, 1.82) is 0 Å². The highest BCUT2D eigenvalue weighted by Gasteiger charge is 2.65. The number of aliphatic imine (C=N–C) groups is 2. The number of rotatable bonds is 18. The Morgan fingerprint density at radius 2 is 1.25 bits per heavy atom. The van der Waals surface area contributed by atoms with Gasteiger partial charge >= 0.3 is 0 Å². The summed E-state index contributed by atoms with van der Waals surface area (Å²) in [7, 11) is 6.23. The first-order chi connectivity index (χ1) is 34.3. The molecule has 0 aliphatic carbocycles. The highest BCUT2D eigenvalue weighted by atomic mass is 31.2. The molecule has 10 rings (SSSR count). The van der Waals surface area contributed by atoms with E-state index >= 15 is 0 Å². The van der Waals surface area contributed by atoms with E-state index in [2.05, 4.69) is 82.2 Å². The normalized spacial score (nSPS) is 29.4. The molecule has 0 spiro atoms. The molecule has 10 heterocycles. The van der Waals surface area contributed by atoms with Crippen LogP contribution >= 0.6 is 8.38 Å². The summed E-state index contributed by atoms with van der Waals surface area (Å²) < 4.78 is 54.0. The van der Waals surface area contributed by atoms with E-state index in [1.165, 1.54) is 12.7 Å². The average Bonchev–Trinajstić information content (AvgIpc) is 4.21. The second-order valence-electron chi connectivity index (χ2n) is 19.9. The van der Waals surface area contributed by atoms with Crippen molar-refractivity contribution in [2.24, 2.45) is 21.8 Å². The Labute approximate surface area is 415 Å². The summed E-state index contributed by atoms with van der Waals surface area (Å²) in [5.74, 6) is 1.65. The van der Waals surface area contributed by atoms with Crippen LogP contribution in [-0.2, 0) is 37.5 Å². The highest BCUT2D eigenvalue weighted by Crippen LogP contribution is 2.57. The highest BCUT2D eigenvalue weighted by molar-refractivity contribution is 7.48. The van der Waals surface area contributed by atoms with Crippen LogP contribution in [0, 0.1) is 18.4 Å². The SMILES string of the molecule is CN(C)C=Nc1ncnc2c1ncn2[C@@H]1O[C@@]2(CN3CCOCC3)CO[C@H]1C2O.[C-]#[N+]CCOP(OC1[C@@H]2OC[C@]1(CN1CCOCC1)O[C@H]2n1cnc2c(N=CN(C)C)ncnc21)C(C(C)C)C(C)C. The van der Waals surface area contributed by atoms with Gasteiger partial charge in [-0.15, -0.1) is 0 Å². The van der Waals surface area contributed by atoms with E-state index < -0.39 is 50.3 Å². The first kappa shape index (κ1) is 51.4. The van der Waals surface area contributed by atoms with Crippen LogP contribution in [0.5, 0.6) is 0 Å². The minimum Gasteiger partial charge on any atom is -0.387 e. The van der Waals surface area contributed by atoms with Gasteiger partial charge in [-0.2, -0.15) is 0 Å². The first-order valence-corrected chi connectivity index (χ1v) is 25.6. The summed E-state index contributed by atoms with van der Waals surface area (Å²) in [6, 6.07) is 0. The van der Waals surface area contributed by atoms with Crippen molar-refractivity contribution in [2.45, 2.75) is 81.4 Å². The fraction of sp³-hybridized carbons (Fsp3) is 0.717. The monoisotopic (exact) mass is 1010 g/mol. The van der Waals surface area contributed by atoms with E-state index in [4.69, 9.17) is 44.0 Å². The fourth-order valence-electron chi connectivity index (χ4n) is 10.2. The van der Waals surface area contributed by atoms with Gasteiger partial charge in [0, 0.05) is 73.1 Å². The molecule has 4 aromatic rings. The molecule has 0 amide bonds. The molecule has 1 N–H and O–H groups in total. The largest absolute Gasteiger partial charge is 0.387 e. The van der Waals surface area contributed by atoms with Crippen molar-refractivity contribution in [1.82, 2.24) is 58.6 Å². The smallest absolute Gasteiger partial charge is 0.238 e. The van der Waals surface area contributed by atoms with Crippen molar-refractivity contribution in [3.8, 4) is 0 Å². The maximum absolute atomic E-state index is 10.9. The third kappa shape index (κ3) is 10.8. The fourth-order valence-corrected chi connectivity index (χ4v) is 12.4. The summed E-state index contributed by atoms with van der Waals surface area (Å²) in [5, 5.41) is 10.9. The Morgan fingerprint density at radius 3 is 1.77 bits per heavy atom. The molecule has 25 heteroatoms.